The van der Waals surface area contributed by atoms with Crippen LogP contribution in [0.5, 0.6) is 0 Å². The second-order valence-electron chi connectivity index (χ2n) is 4.85. The Hall–Kier alpha value is -2.80. The van der Waals surface area contributed by atoms with Crippen LogP contribution in [0.4, 0.5) is 5.69 Å². The predicted octanol–water partition coefficient (Wildman–Crippen LogP) is 1.79. The number of carbonyl (C=O) groups is 2. The first-order chi connectivity index (χ1) is 10.9. The molecule has 0 saturated carbocycles. The second-order valence-corrected chi connectivity index (χ2v) is 4.85. The molecule has 1 aromatic carbocycles. The van der Waals surface area contributed by atoms with Crippen LogP contribution in [0.15, 0.2) is 47.1 Å². The Kier molecular flexibility index (Phi) is 7.35. The van der Waals surface area contributed by atoms with Crippen molar-refractivity contribution >= 4 is 17.6 Å². The molecule has 124 valence electrons. The summed E-state index contributed by atoms with van der Waals surface area (Å²) in [6.07, 6.45) is 1.70. The first-order valence-electron chi connectivity index (χ1n) is 6.85. The van der Waals surface area contributed by atoms with Crippen molar-refractivity contribution in [3.05, 3.63) is 54.0 Å². The number of hydrogen-bond acceptors (Lipinski definition) is 5. The van der Waals surface area contributed by atoms with Gasteiger partial charge in [0.25, 0.3) is 0 Å². The summed E-state index contributed by atoms with van der Waals surface area (Å²) in [5.74, 6) is -2.68. The van der Waals surface area contributed by atoms with Gasteiger partial charge < -0.3 is 24.8 Å². The van der Waals surface area contributed by atoms with E-state index in [-0.39, 0.29) is 0 Å². The van der Waals surface area contributed by atoms with Gasteiger partial charge in [-0.15, -0.1) is 0 Å². The van der Waals surface area contributed by atoms with Crippen molar-refractivity contribution in [3.8, 4) is 0 Å². The molecular weight excluding hydrogens is 300 g/mol. The normalized spacial score (nSPS) is 9.65. The summed E-state index contributed by atoms with van der Waals surface area (Å²) in [4.78, 5) is 20.3. The predicted molar refractivity (Wildman–Crippen MR) is 85.3 cm³/mol. The summed E-state index contributed by atoms with van der Waals surface area (Å²) in [7, 11) is 4.09. The number of carboxylic acid groups (broad SMARTS) is 2. The van der Waals surface area contributed by atoms with Gasteiger partial charge in [-0.3, -0.25) is 0 Å². The van der Waals surface area contributed by atoms with Crippen LogP contribution in [0.3, 0.4) is 0 Å². The van der Waals surface area contributed by atoms with Crippen molar-refractivity contribution in [1.82, 2.24) is 5.32 Å². The molecule has 0 aliphatic heterocycles. The van der Waals surface area contributed by atoms with E-state index in [0.29, 0.717) is 0 Å². The fraction of sp³-hybridized carbons (Fsp3) is 0.250. The van der Waals surface area contributed by atoms with E-state index >= 15 is 0 Å². The van der Waals surface area contributed by atoms with Gasteiger partial charge >= 0.3 is 11.9 Å². The summed E-state index contributed by atoms with van der Waals surface area (Å²) in [5.41, 5.74) is 2.50. The highest BCUT2D eigenvalue weighted by atomic mass is 16.4. The molecule has 7 heteroatoms. The summed E-state index contributed by atoms with van der Waals surface area (Å²) in [6, 6.07) is 12.4. The van der Waals surface area contributed by atoms with Crippen molar-refractivity contribution in [3.63, 3.8) is 0 Å². The number of anilines is 1. The first-order valence-corrected chi connectivity index (χ1v) is 6.85. The van der Waals surface area contributed by atoms with E-state index in [2.05, 4.69) is 34.5 Å². The lowest BCUT2D eigenvalue weighted by molar-refractivity contribution is -0.159. The summed E-state index contributed by atoms with van der Waals surface area (Å²) < 4.78 is 5.25. The van der Waals surface area contributed by atoms with E-state index in [1.165, 1.54) is 11.3 Å². The molecule has 7 nitrogen and oxygen atoms in total. The highest BCUT2D eigenvalue weighted by Crippen LogP contribution is 2.12. The average Bonchev–Trinajstić information content (AvgIpc) is 3.01. The number of furan rings is 1. The van der Waals surface area contributed by atoms with Gasteiger partial charge in [0.15, 0.2) is 0 Å². The van der Waals surface area contributed by atoms with Gasteiger partial charge in [0.05, 0.1) is 12.8 Å². The molecule has 0 atom stereocenters. The molecule has 1 heterocycles. The topological polar surface area (TPSA) is 103 Å². The fourth-order valence-corrected chi connectivity index (χ4v) is 1.66. The van der Waals surface area contributed by atoms with E-state index < -0.39 is 11.9 Å². The molecule has 0 spiro atoms. The lowest BCUT2D eigenvalue weighted by atomic mass is 10.2. The van der Waals surface area contributed by atoms with Crippen molar-refractivity contribution in [2.75, 3.05) is 19.0 Å². The van der Waals surface area contributed by atoms with Crippen LogP contribution in [-0.2, 0) is 22.7 Å². The van der Waals surface area contributed by atoms with Crippen LogP contribution in [0.25, 0.3) is 0 Å². The van der Waals surface area contributed by atoms with Crippen LogP contribution in [0.2, 0.25) is 0 Å². The minimum Gasteiger partial charge on any atom is -0.473 e. The van der Waals surface area contributed by atoms with Gasteiger partial charge in [0.2, 0.25) is 0 Å². The maximum absolute atomic E-state index is 9.10. The van der Waals surface area contributed by atoms with E-state index in [9.17, 15) is 0 Å². The van der Waals surface area contributed by atoms with E-state index in [0.717, 1.165) is 18.8 Å². The largest absolute Gasteiger partial charge is 0.473 e. The Bertz CT molecular complexity index is 594. The molecule has 23 heavy (non-hydrogen) atoms. The molecule has 2 rings (SSSR count). The standard InChI is InChI=1S/C14H18N2O.C2H2O4/c1-16(2)13-7-5-12(6-8-13)10-15-11-14-4-3-9-17-14;3-1(4)2(5)6/h3-9,15H,10-11H2,1-2H3;(H,3,4)(H,5,6). The van der Waals surface area contributed by atoms with Crippen LogP contribution in [0, 0.1) is 0 Å². The minimum absolute atomic E-state index is 0.766. The zero-order valence-electron chi connectivity index (χ0n) is 13.0. The first kappa shape index (κ1) is 18.2. The number of carboxylic acids is 2. The van der Waals surface area contributed by atoms with Crippen molar-refractivity contribution in [2.24, 2.45) is 0 Å². The highest BCUT2D eigenvalue weighted by Gasteiger charge is 2.04. The fourth-order valence-electron chi connectivity index (χ4n) is 1.66. The van der Waals surface area contributed by atoms with Crippen LogP contribution >= 0.6 is 0 Å². The number of benzene rings is 1. The summed E-state index contributed by atoms with van der Waals surface area (Å²) in [5, 5.41) is 18.1. The maximum atomic E-state index is 9.10. The zero-order chi connectivity index (χ0) is 17.2. The summed E-state index contributed by atoms with van der Waals surface area (Å²) in [6.45, 7) is 1.62. The van der Waals surface area contributed by atoms with Gasteiger partial charge in [-0.2, -0.15) is 0 Å². The van der Waals surface area contributed by atoms with Crippen molar-refractivity contribution in [1.29, 1.82) is 0 Å². The van der Waals surface area contributed by atoms with Crippen LogP contribution < -0.4 is 10.2 Å². The van der Waals surface area contributed by atoms with E-state index in [1.807, 2.05) is 26.2 Å². The van der Waals surface area contributed by atoms with Gasteiger partial charge in [0, 0.05) is 26.3 Å². The molecule has 0 aliphatic carbocycles. The Balaban J connectivity index is 0.000000379. The van der Waals surface area contributed by atoms with Crippen LogP contribution in [0.1, 0.15) is 11.3 Å². The molecule has 0 aliphatic rings. The number of aliphatic carboxylic acids is 2. The average molecular weight is 320 g/mol. The van der Waals surface area contributed by atoms with Crippen molar-refractivity contribution in [2.45, 2.75) is 13.1 Å². The van der Waals surface area contributed by atoms with E-state index in [4.69, 9.17) is 24.2 Å². The Morgan fingerprint density at radius 3 is 2.09 bits per heavy atom. The Morgan fingerprint density at radius 1 is 1.04 bits per heavy atom. The smallest absolute Gasteiger partial charge is 0.414 e. The second kappa shape index (κ2) is 9.26. The Labute approximate surface area is 134 Å². The van der Waals surface area contributed by atoms with Gasteiger partial charge in [-0.1, -0.05) is 12.1 Å². The minimum atomic E-state index is -1.82. The number of nitrogens with zero attached hydrogens (tertiary/aromatic N) is 1. The third kappa shape index (κ3) is 7.14. The molecular formula is C16H20N2O5. The van der Waals surface area contributed by atoms with Gasteiger partial charge in [-0.25, -0.2) is 9.59 Å². The van der Waals surface area contributed by atoms with Gasteiger partial charge in [-0.05, 0) is 29.8 Å². The number of hydrogen-bond donors (Lipinski definition) is 3. The highest BCUT2D eigenvalue weighted by molar-refractivity contribution is 6.27. The molecule has 0 saturated heterocycles. The third-order valence-corrected chi connectivity index (χ3v) is 2.84. The van der Waals surface area contributed by atoms with E-state index in [1.54, 1.807) is 6.26 Å². The SMILES string of the molecule is CN(C)c1ccc(CNCc2ccco2)cc1.O=C(O)C(=O)O. The van der Waals surface area contributed by atoms with Crippen molar-refractivity contribution < 1.29 is 24.2 Å². The van der Waals surface area contributed by atoms with Crippen LogP contribution in [-0.4, -0.2) is 36.2 Å². The lowest BCUT2D eigenvalue weighted by Gasteiger charge is -2.12. The molecule has 3 N–H and O–H groups in total. The lowest BCUT2D eigenvalue weighted by Crippen LogP contribution is -2.12. The maximum Gasteiger partial charge on any atom is 0.414 e. The molecule has 1 aromatic heterocycles. The molecule has 0 radical (unpaired) electrons. The molecule has 0 amide bonds. The molecule has 0 fully saturated rings. The monoisotopic (exact) mass is 320 g/mol. The molecule has 0 unspecified atom stereocenters. The van der Waals surface area contributed by atoms with Gasteiger partial charge in [0.1, 0.15) is 5.76 Å². The Morgan fingerprint density at radius 2 is 1.65 bits per heavy atom. The zero-order valence-corrected chi connectivity index (χ0v) is 13.0. The summed E-state index contributed by atoms with van der Waals surface area (Å²) >= 11 is 0. The quantitative estimate of drug-likeness (QED) is 0.722. The third-order valence-electron chi connectivity index (χ3n) is 2.84. The number of nitrogens with one attached hydrogen (secondary N) is 1. The molecule has 0 bridgehead atoms. The number of rotatable bonds is 5. The molecule has 2 aromatic rings.